The Hall–Kier alpha value is -0.980. The number of nitrogens with zero attached hydrogens (tertiary/aromatic N) is 2. The second-order valence-electron chi connectivity index (χ2n) is 4.41. The summed E-state index contributed by atoms with van der Waals surface area (Å²) in [5.41, 5.74) is 7.69. The number of anilines is 2. The number of carbonyl (C=O) groups is 1. The monoisotopic (exact) mass is 361 g/mol. The molecule has 1 aromatic carbocycles. The molecule has 0 fully saturated rings. The first-order valence-corrected chi connectivity index (χ1v) is 7.03. The van der Waals surface area contributed by atoms with Crippen LogP contribution in [0.2, 0.25) is 0 Å². The van der Waals surface area contributed by atoms with Crippen molar-refractivity contribution in [3.05, 3.63) is 21.8 Å². The van der Waals surface area contributed by atoms with Crippen LogP contribution in [0.25, 0.3) is 0 Å². The summed E-state index contributed by atoms with van der Waals surface area (Å²) in [7, 11) is 3.54. The van der Waals surface area contributed by atoms with Gasteiger partial charge in [-0.2, -0.15) is 0 Å². The first kappa shape index (κ1) is 15.1. The molecule has 0 bridgehead atoms. The number of halogens is 1. The van der Waals surface area contributed by atoms with Gasteiger partial charge in [-0.05, 0) is 47.2 Å². The quantitative estimate of drug-likeness (QED) is 0.646. The van der Waals surface area contributed by atoms with Crippen LogP contribution >= 0.6 is 22.6 Å². The predicted molar refractivity (Wildman–Crippen MR) is 84.8 cm³/mol. The van der Waals surface area contributed by atoms with Gasteiger partial charge in [0.25, 0.3) is 0 Å². The molecule has 0 aromatic heterocycles. The molecule has 18 heavy (non-hydrogen) atoms. The molecule has 0 atom stereocenters. The fourth-order valence-electron chi connectivity index (χ4n) is 1.67. The molecule has 0 radical (unpaired) electrons. The maximum atomic E-state index is 11.8. The lowest BCUT2D eigenvalue weighted by Crippen LogP contribution is -2.37. The smallest absolute Gasteiger partial charge is 0.241 e. The standard InChI is InChI=1S/C13H20IN3O/c1-4-7-17(9-13(18)16(2)3)12-6-5-10(14)8-11(12)15/h5-6,8H,4,7,9,15H2,1-3H3. The Morgan fingerprint density at radius 1 is 1.39 bits per heavy atom. The molecular weight excluding hydrogens is 341 g/mol. The van der Waals surface area contributed by atoms with Crippen molar-refractivity contribution >= 4 is 39.9 Å². The average Bonchev–Trinajstić information content (AvgIpc) is 2.28. The second-order valence-corrected chi connectivity index (χ2v) is 5.66. The van der Waals surface area contributed by atoms with Crippen molar-refractivity contribution in [2.75, 3.05) is 37.8 Å². The average molecular weight is 361 g/mol. The fraction of sp³-hybridized carbons (Fsp3) is 0.462. The number of benzene rings is 1. The van der Waals surface area contributed by atoms with E-state index in [2.05, 4.69) is 29.5 Å². The summed E-state index contributed by atoms with van der Waals surface area (Å²) in [4.78, 5) is 15.5. The fourth-order valence-corrected chi connectivity index (χ4v) is 2.19. The van der Waals surface area contributed by atoms with Gasteiger partial charge in [0.2, 0.25) is 5.91 Å². The summed E-state index contributed by atoms with van der Waals surface area (Å²) in [6.45, 7) is 3.28. The van der Waals surface area contributed by atoms with Crippen molar-refractivity contribution in [1.29, 1.82) is 0 Å². The van der Waals surface area contributed by atoms with E-state index >= 15 is 0 Å². The van der Waals surface area contributed by atoms with Gasteiger partial charge in [0, 0.05) is 24.2 Å². The SMILES string of the molecule is CCCN(CC(=O)N(C)C)c1ccc(I)cc1N. The summed E-state index contributed by atoms with van der Waals surface area (Å²) in [6.07, 6.45) is 0.978. The van der Waals surface area contributed by atoms with E-state index in [4.69, 9.17) is 5.73 Å². The van der Waals surface area contributed by atoms with Gasteiger partial charge < -0.3 is 15.5 Å². The maximum Gasteiger partial charge on any atom is 0.241 e. The Labute approximate surface area is 122 Å². The van der Waals surface area contributed by atoms with E-state index in [1.165, 1.54) is 0 Å². The molecule has 0 saturated heterocycles. The highest BCUT2D eigenvalue weighted by Crippen LogP contribution is 2.25. The highest BCUT2D eigenvalue weighted by atomic mass is 127. The van der Waals surface area contributed by atoms with Gasteiger partial charge in [-0.3, -0.25) is 4.79 Å². The predicted octanol–water partition coefficient (Wildman–Crippen LogP) is 2.18. The van der Waals surface area contributed by atoms with Crippen LogP contribution in [-0.2, 0) is 4.79 Å². The number of nitrogens with two attached hydrogens (primary N) is 1. The number of likely N-dealkylation sites (N-methyl/N-ethyl adjacent to an activating group) is 1. The van der Waals surface area contributed by atoms with Crippen LogP contribution < -0.4 is 10.6 Å². The van der Waals surface area contributed by atoms with E-state index in [1.54, 1.807) is 19.0 Å². The molecular formula is C13H20IN3O. The highest BCUT2D eigenvalue weighted by molar-refractivity contribution is 14.1. The van der Waals surface area contributed by atoms with Crippen molar-refractivity contribution in [2.45, 2.75) is 13.3 Å². The minimum atomic E-state index is 0.0846. The molecule has 5 heteroatoms. The number of amides is 1. The van der Waals surface area contributed by atoms with Crippen LogP contribution in [0, 0.1) is 3.57 Å². The van der Waals surface area contributed by atoms with Crippen molar-refractivity contribution in [3.63, 3.8) is 0 Å². The third-order valence-corrected chi connectivity index (χ3v) is 3.32. The van der Waals surface area contributed by atoms with E-state index < -0.39 is 0 Å². The molecule has 0 aliphatic rings. The number of hydrogen-bond donors (Lipinski definition) is 1. The van der Waals surface area contributed by atoms with Gasteiger partial charge in [-0.1, -0.05) is 6.92 Å². The van der Waals surface area contributed by atoms with Crippen LogP contribution in [-0.4, -0.2) is 38.0 Å². The second kappa shape index (κ2) is 6.82. The van der Waals surface area contributed by atoms with E-state index in [0.29, 0.717) is 6.54 Å². The normalized spacial score (nSPS) is 10.2. The van der Waals surface area contributed by atoms with Gasteiger partial charge in [0.15, 0.2) is 0 Å². The van der Waals surface area contributed by atoms with Crippen LogP contribution in [0.4, 0.5) is 11.4 Å². The van der Waals surface area contributed by atoms with Gasteiger partial charge in [0.05, 0.1) is 17.9 Å². The van der Waals surface area contributed by atoms with Crippen molar-refractivity contribution < 1.29 is 4.79 Å². The Balaban J connectivity index is 2.93. The summed E-state index contributed by atoms with van der Waals surface area (Å²) < 4.78 is 1.10. The van der Waals surface area contributed by atoms with Crippen molar-refractivity contribution in [3.8, 4) is 0 Å². The third-order valence-electron chi connectivity index (χ3n) is 2.65. The molecule has 0 heterocycles. The molecule has 0 unspecified atom stereocenters. The molecule has 0 aliphatic carbocycles. The van der Waals surface area contributed by atoms with Gasteiger partial charge in [0.1, 0.15) is 0 Å². The Bertz CT molecular complexity index is 421. The zero-order valence-corrected chi connectivity index (χ0v) is 13.3. The summed E-state index contributed by atoms with van der Waals surface area (Å²) in [6, 6.07) is 5.92. The zero-order chi connectivity index (χ0) is 13.7. The zero-order valence-electron chi connectivity index (χ0n) is 11.1. The number of nitrogen functional groups attached to an aromatic ring is 1. The van der Waals surface area contributed by atoms with Crippen molar-refractivity contribution in [2.24, 2.45) is 0 Å². The van der Waals surface area contributed by atoms with Crippen LogP contribution in [0.15, 0.2) is 18.2 Å². The third kappa shape index (κ3) is 4.04. The lowest BCUT2D eigenvalue weighted by Gasteiger charge is -2.26. The first-order chi connectivity index (χ1) is 8.45. The first-order valence-electron chi connectivity index (χ1n) is 5.95. The van der Waals surface area contributed by atoms with Gasteiger partial charge >= 0.3 is 0 Å². The molecule has 1 aromatic rings. The van der Waals surface area contributed by atoms with E-state index in [1.807, 2.05) is 23.1 Å². The van der Waals surface area contributed by atoms with E-state index in [9.17, 15) is 4.79 Å². The Morgan fingerprint density at radius 3 is 2.56 bits per heavy atom. The minimum absolute atomic E-state index is 0.0846. The van der Waals surface area contributed by atoms with Gasteiger partial charge in [-0.25, -0.2) is 0 Å². The van der Waals surface area contributed by atoms with Crippen LogP contribution in [0.5, 0.6) is 0 Å². The lowest BCUT2D eigenvalue weighted by atomic mass is 10.2. The molecule has 0 aliphatic heterocycles. The lowest BCUT2D eigenvalue weighted by molar-refractivity contribution is -0.127. The number of rotatable bonds is 5. The van der Waals surface area contributed by atoms with Crippen molar-refractivity contribution in [1.82, 2.24) is 4.90 Å². The molecule has 4 nitrogen and oxygen atoms in total. The summed E-state index contributed by atoms with van der Waals surface area (Å²) >= 11 is 2.23. The molecule has 100 valence electrons. The van der Waals surface area contributed by atoms with Crippen LogP contribution in [0.1, 0.15) is 13.3 Å². The molecule has 2 N–H and O–H groups in total. The number of hydrogen-bond acceptors (Lipinski definition) is 3. The summed E-state index contributed by atoms with van der Waals surface area (Å²) in [5, 5.41) is 0. The number of carbonyl (C=O) groups excluding carboxylic acids is 1. The Morgan fingerprint density at radius 2 is 2.06 bits per heavy atom. The van der Waals surface area contributed by atoms with Crippen LogP contribution in [0.3, 0.4) is 0 Å². The molecule has 1 amide bonds. The topological polar surface area (TPSA) is 49.6 Å². The maximum absolute atomic E-state index is 11.8. The minimum Gasteiger partial charge on any atom is -0.397 e. The van der Waals surface area contributed by atoms with E-state index in [0.717, 1.165) is 27.9 Å². The van der Waals surface area contributed by atoms with E-state index in [-0.39, 0.29) is 5.91 Å². The summed E-state index contributed by atoms with van der Waals surface area (Å²) in [5.74, 6) is 0.0846. The Kier molecular flexibility index (Phi) is 5.71. The highest BCUT2D eigenvalue weighted by Gasteiger charge is 2.14. The molecule has 1 rings (SSSR count). The molecule has 0 spiro atoms. The largest absolute Gasteiger partial charge is 0.397 e. The van der Waals surface area contributed by atoms with Gasteiger partial charge in [-0.15, -0.1) is 0 Å². The molecule has 0 saturated carbocycles.